The lowest BCUT2D eigenvalue weighted by atomic mass is 9.79. The minimum absolute atomic E-state index is 0.275. The summed E-state index contributed by atoms with van der Waals surface area (Å²) in [5, 5.41) is 7.23. The maximum absolute atomic E-state index is 4.64. The van der Waals surface area contributed by atoms with Crippen molar-refractivity contribution in [1.29, 1.82) is 0 Å². The molecule has 1 atom stereocenters. The van der Waals surface area contributed by atoms with Gasteiger partial charge in [0.2, 0.25) is 0 Å². The van der Waals surface area contributed by atoms with Crippen LogP contribution in [0.4, 0.5) is 0 Å². The summed E-state index contributed by atoms with van der Waals surface area (Å²) in [6, 6.07) is 0. The third-order valence-electron chi connectivity index (χ3n) is 4.05. The molecule has 1 N–H and O–H groups in total. The first-order chi connectivity index (χ1) is 8.12. The number of nitrogens with zero attached hydrogens (tertiary/aromatic N) is 1. The van der Waals surface area contributed by atoms with E-state index in [0.29, 0.717) is 5.92 Å². The number of aromatic nitrogens is 1. The van der Waals surface area contributed by atoms with Gasteiger partial charge in [-0.2, -0.15) is 0 Å². The largest absolute Gasteiger partial charge is 0.311 e. The molecule has 0 bridgehead atoms. The van der Waals surface area contributed by atoms with E-state index in [1.165, 1.54) is 42.9 Å². The normalized spacial score (nSPS) is 26.1. The molecule has 2 nitrogen and oxygen atoms in total. The predicted octanol–water partition coefficient (Wildman–Crippen LogP) is 3.55. The molecular weight excluding hydrogens is 228 g/mol. The molecule has 0 radical (unpaired) electrons. The number of nitrogens with one attached hydrogen (secondary N) is 1. The van der Waals surface area contributed by atoms with Crippen LogP contribution in [0, 0.1) is 12.8 Å². The topological polar surface area (TPSA) is 24.9 Å². The molecule has 1 aliphatic heterocycles. The van der Waals surface area contributed by atoms with E-state index in [1.807, 2.05) is 0 Å². The molecule has 96 valence electrons. The van der Waals surface area contributed by atoms with Gasteiger partial charge in [0.15, 0.2) is 0 Å². The molecule has 3 heteroatoms. The highest BCUT2D eigenvalue weighted by molar-refractivity contribution is 7.09. The molecule has 1 aliphatic rings. The molecule has 1 aromatic rings. The van der Waals surface area contributed by atoms with Gasteiger partial charge in [0, 0.05) is 17.3 Å². The fraction of sp³-hybridized carbons (Fsp3) is 0.786. The molecule has 0 amide bonds. The van der Waals surface area contributed by atoms with Crippen LogP contribution < -0.4 is 5.32 Å². The summed E-state index contributed by atoms with van der Waals surface area (Å²) < 4.78 is 0. The van der Waals surface area contributed by atoms with Crippen LogP contribution in [0.25, 0.3) is 0 Å². The van der Waals surface area contributed by atoms with E-state index in [9.17, 15) is 0 Å². The van der Waals surface area contributed by atoms with Gasteiger partial charge in [-0.3, -0.25) is 0 Å². The number of hydrogen-bond donors (Lipinski definition) is 1. The standard InChI is InChI=1S/C14H24N2S/c1-11(2)14(7-5-4-6-8-15-14)9-13-10-17-12(3)16-13/h10-11,15H,4-9H2,1-3H3. The van der Waals surface area contributed by atoms with Crippen molar-refractivity contribution in [2.24, 2.45) is 5.92 Å². The van der Waals surface area contributed by atoms with E-state index >= 15 is 0 Å². The molecule has 2 heterocycles. The van der Waals surface area contributed by atoms with Crippen molar-refractivity contribution in [1.82, 2.24) is 10.3 Å². The van der Waals surface area contributed by atoms with Crippen LogP contribution >= 0.6 is 11.3 Å². The molecule has 17 heavy (non-hydrogen) atoms. The van der Waals surface area contributed by atoms with E-state index in [1.54, 1.807) is 11.3 Å². The predicted molar refractivity (Wildman–Crippen MR) is 74.6 cm³/mol. The average Bonchev–Trinajstić information content (AvgIpc) is 2.54. The fourth-order valence-electron chi connectivity index (χ4n) is 2.83. The smallest absolute Gasteiger partial charge is 0.0897 e. The highest BCUT2D eigenvalue weighted by Crippen LogP contribution is 2.30. The maximum atomic E-state index is 4.64. The van der Waals surface area contributed by atoms with Gasteiger partial charge in [0.1, 0.15) is 0 Å². The second kappa shape index (κ2) is 5.49. The zero-order chi connectivity index (χ0) is 12.3. The van der Waals surface area contributed by atoms with Crippen molar-refractivity contribution in [3.63, 3.8) is 0 Å². The minimum atomic E-state index is 0.275. The van der Waals surface area contributed by atoms with Gasteiger partial charge in [-0.15, -0.1) is 11.3 Å². The van der Waals surface area contributed by atoms with E-state index in [4.69, 9.17) is 0 Å². The monoisotopic (exact) mass is 252 g/mol. The molecule has 1 saturated heterocycles. The van der Waals surface area contributed by atoms with Gasteiger partial charge in [0.05, 0.1) is 10.7 Å². The second-order valence-electron chi connectivity index (χ2n) is 5.58. The number of thiazole rings is 1. The Kier molecular flexibility index (Phi) is 4.21. The lowest BCUT2D eigenvalue weighted by Crippen LogP contribution is -2.51. The first-order valence-corrected chi connectivity index (χ1v) is 7.66. The van der Waals surface area contributed by atoms with Crippen molar-refractivity contribution in [2.75, 3.05) is 6.54 Å². The quantitative estimate of drug-likeness (QED) is 0.890. The summed E-state index contributed by atoms with van der Waals surface area (Å²) in [5.41, 5.74) is 1.55. The fourth-order valence-corrected chi connectivity index (χ4v) is 3.44. The van der Waals surface area contributed by atoms with Crippen molar-refractivity contribution in [3.8, 4) is 0 Å². The summed E-state index contributed by atoms with van der Waals surface area (Å²) in [4.78, 5) is 4.64. The first-order valence-electron chi connectivity index (χ1n) is 6.78. The van der Waals surface area contributed by atoms with Crippen molar-refractivity contribution in [2.45, 2.75) is 58.4 Å². The van der Waals surface area contributed by atoms with Gasteiger partial charge < -0.3 is 5.32 Å². The summed E-state index contributed by atoms with van der Waals surface area (Å²) in [6.45, 7) is 7.95. The van der Waals surface area contributed by atoms with E-state index in [2.05, 4.69) is 36.5 Å². The first kappa shape index (κ1) is 13.0. The van der Waals surface area contributed by atoms with Gasteiger partial charge >= 0.3 is 0 Å². The number of rotatable bonds is 3. The minimum Gasteiger partial charge on any atom is -0.311 e. The van der Waals surface area contributed by atoms with Crippen LogP contribution in [0.3, 0.4) is 0 Å². The Hall–Kier alpha value is -0.410. The van der Waals surface area contributed by atoms with Crippen LogP contribution in [0.2, 0.25) is 0 Å². The second-order valence-corrected chi connectivity index (χ2v) is 6.65. The van der Waals surface area contributed by atoms with Crippen molar-refractivity contribution < 1.29 is 0 Å². The summed E-state index contributed by atoms with van der Waals surface area (Å²) in [5.74, 6) is 0.669. The summed E-state index contributed by atoms with van der Waals surface area (Å²) in [6.07, 6.45) is 6.44. The van der Waals surface area contributed by atoms with Gasteiger partial charge in [-0.1, -0.05) is 26.7 Å². The van der Waals surface area contributed by atoms with E-state index < -0.39 is 0 Å². The van der Waals surface area contributed by atoms with Crippen LogP contribution in [-0.4, -0.2) is 17.1 Å². The molecule has 2 rings (SSSR count). The lowest BCUT2D eigenvalue weighted by Gasteiger charge is -2.37. The van der Waals surface area contributed by atoms with Gasteiger partial charge in [-0.25, -0.2) is 4.98 Å². The molecule has 0 saturated carbocycles. The zero-order valence-electron chi connectivity index (χ0n) is 11.3. The van der Waals surface area contributed by atoms with Gasteiger partial charge in [-0.05, 0) is 32.2 Å². The Morgan fingerprint density at radius 1 is 1.41 bits per heavy atom. The molecular formula is C14H24N2S. The Morgan fingerprint density at radius 3 is 2.88 bits per heavy atom. The van der Waals surface area contributed by atoms with Crippen LogP contribution in [-0.2, 0) is 6.42 Å². The third kappa shape index (κ3) is 3.08. The summed E-state index contributed by atoms with van der Waals surface area (Å²) in [7, 11) is 0. The molecule has 0 spiro atoms. The number of aryl methyl sites for hydroxylation is 1. The third-order valence-corrected chi connectivity index (χ3v) is 4.87. The molecule has 1 fully saturated rings. The summed E-state index contributed by atoms with van der Waals surface area (Å²) >= 11 is 1.77. The average molecular weight is 252 g/mol. The molecule has 1 aromatic heterocycles. The Bertz CT molecular complexity index is 349. The maximum Gasteiger partial charge on any atom is 0.0897 e. The molecule has 0 aliphatic carbocycles. The van der Waals surface area contributed by atoms with Crippen LogP contribution in [0.15, 0.2) is 5.38 Å². The highest BCUT2D eigenvalue weighted by Gasteiger charge is 2.34. The highest BCUT2D eigenvalue weighted by atomic mass is 32.1. The van der Waals surface area contributed by atoms with Gasteiger partial charge in [0.25, 0.3) is 0 Å². The van der Waals surface area contributed by atoms with E-state index in [0.717, 1.165) is 6.42 Å². The Morgan fingerprint density at radius 2 is 2.24 bits per heavy atom. The Labute approximate surface area is 109 Å². The Balaban J connectivity index is 2.15. The molecule has 1 unspecified atom stereocenters. The zero-order valence-corrected chi connectivity index (χ0v) is 12.1. The molecule has 0 aromatic carbocycles. The number of hydrogen-bond acceptors (Lipinski definition) is 3. The van der Waals surface area contributed by atoms with Crippen LogP contribution in [0.1, 0.15) is 50.2 Å². The van der Waals surface area contributed by atoms with E-state index in [-0.39, 0.29) is 5.54 Å². The van der Waals surface area contributed by atoms with Crippen LogP contribution in [0.5, 0.6) is 0 Å². The SMILES string of the molecule is Cc1nc(CC2(C(C)C)CCCCCN2)cs1. The van der Waals surface area contributed by atoms with Crippen molar-refractivity contribution in [3.05, 3.63) is 16.1 Å². The lowest BCUT2D eigenvalue weighted by molar-refractivity contribution is 0.224. The van der Waals surface area contributed by atoms with Crippen molar-refractivity contribution >= 4 is 11.3 Å².